The predicted octanol–water partition coefficient (Wildman–Crippen LogP) is 6.89. The maximum absolute atomic E-state index is 13.8. The Morgan fingerprint density at radius 2 is 1.62 bits per heavy atom. The van der Waals surface area contributed by atoms with Crippen LogP contribution in [0.15, 0.2) is 18.2 Å². The first-order valence-electron chi connectivity index (χ1n) is 14.2. The monoisotopic (exact) mass is 543 g/mol. The molecule has 2 unspecified atom stereocenters. The van der Waals surface area contributed by atoms with Gasteiger partial charge >= 0.3 is 18.2 Å². The fourth-order valence-electron chi connectivity index (χ4n) is 5.86. The van der Waals surface area contributed by atoms with E-state index in [1.54, 1.807) is 41.5 Å². The number of ether oxygens (including phenoxy) is 2. The summed E-state index contributed by atoms with van der Waals surface area (Å²) in [6.07, 6.45) is -0.174. The van der Waals surface area contributed by atoms with Crippen molar-refractivity contribution >= 4 is 23.9 Å². The van der Waals surface area contributed by atoms with Crippen LogP contribution in [0.2, 0.25) is 0 Å². The molecular formula is C30H45N3O6. The molecule has 39 heavy (non-hydrogen) atoms. The summed E-state index contributed by atoms with van der Waals surface area (Å²) in [6.45, 7) is 17.3. The quantitative estimate of drug-likeness (QED) is 0.302. The number of carbonyl (C=O) groups excluding carboxylic acids is 3. The van der Waals surface area contributed by atoms with Crippen molar-refractivity contribution in [3.05, 3.63) is 34.5 Å². The Morgan fingerprint density at radius 3 is 2.10 bits per heavy atom. The van der Waals surface area contributed by atoms with Gasteiger partial charge in [-0.05, 0) is 95.8 Å². The van der Waals surface area contributed by atoms with E-state index in [-0.39, 0.29) is 6.54 Å². The number of carbonyl (C=O) groups is 3. The van der Waals surface area contributed by atoms with Crippen molar-refractivity contribution in [2.45, 2.75) is 110 Å². The van der Waals surface area contributed by atoms with Gasteiger partial charge in [-0.15, -0.1) is 0 Å². The van der Waals surface area contributed by atoms with Gasteiger partial charge in [-0.25, -0.2) is 9.59 Å². The molecule has 216 valence electrons. The number of hydrogen-bond donors (Lipinski definition) is 0. The fraction of sp³-hybridized carbons (Fsp3) is 0.700. The molecule has 0 aromatic heterocycles. The molecule has 1 aliphatic carbocycles. The van der Waals surface area contributed by atoms with Gasteiger partial charge in [-0.3, -0.25) is 0 Å². The van der Waals surface area contributed by atoms with Crippen LogP contribution in [0.1, 0.15) is 105 Å². The second kappa shape index (κ2) is 9.77. The number of quaternary nitrogens is 1. The molecule has 2 saturated heterocycles. The number of anilines is 1. The number of amides is 4. The van der Waals surface area contributed by atoms with E-state index in [0.717, 1.165) is 16.5 Å². The Bertz CT molecular complexity index is 1140. The first-order valence-corrected chi connectivity index (χ1v) is 14.2. The second-order valence-electron chi connectivity index (χ2n) is 14.0. The minimum Gasteiger partial charge on any atom is -0.613 e. The zero-order valence-electron chi connectivity index (χ0n) is 25.0. The lowest BCUT2D eigenvalue weighted by atomic mass is 9.85. The number of benzene rings is 1. The van der Waals surface area contributed by atoms with Gasteiger partial charge < -0.3 is 19.6 Å². The van der Waals surface area contributed by atoms with Gasteiger partial charge in [0, 0.05) is 18.8 Å². The average molecular weight is 544 g/mol. The highest BCUT2D eigenvalue weighted by Gasteiger charge is 2.65. The third-order valence-corrected chi connectivity index (χ3v) is 8.00. The van der Waals surface area contributed by atoms with E-state index in [0.29, 0.717) is 37.8 Å². The molecule has 9 nitrogen and oxygen atoms in total. The molecule has 3 aliphatic rings. The summed E-state index contributed by atoms with van der Waals surface area (Å²) in [7, 11) is 0. The predicted molar refractivity (Wildman–Crippen MR) is 149 cm³/mol. The number of piperidine rings is 1. The van der Waals surface area contributed by atoms with E-state index in [2.05, 4.69) is 43.9 Å². The van der Waals surface area contributed by atoms with E-state index in [9.17, 15) is 19.6 Å². The molecule has 2 aliphatic heterocycles. The van der Waals surface area contributed by atoms with Gasteiger partial charge in [-0.1, -0.05) is 32.9 Å². The maximum Gasteiger partial charge on any atom is 0.525 e. The standard InChI is InChI=1S/C30H45N3O6/c1-19(2)22-17-21(23-16-20(23)3)10-11-24(22)31-14-12-30(13-15-31)18-33(37,27(36)39-29(7,8)9)25(34)32(30)26(35)38-28(4,5)6/h10-11,17,19-20,23H,12-16,18H2,1-9H3/t20?,23-,33?/m0/s1. The number of hydrogen-bond acceptors (Lipinski definition) is 7. The molecule has 3 fully saturated rings. The van der Waals surface area contributed by atoms with Gasteiger partial charge in [0.15, 0.2) is 0 Å². The van der Waals surface area contributed by atoms with E-state index in [1.807, 2.05) is 0 Å². The number of nitrogens with zero attached hydrogens (tertiary/aromatic N) is 3. The van der Waals surface area contributed by atoms with Crippen molar-refractivity contribution in [1.29, 1.82) is 0 Å². The SMILES string of the molecule is CC(C)c1cc([C@H]2CC2C)ccc1N1CCC2(CC1)C[N+]([O-])(C(=O)OC(C)(C)C)C(=O)N2C(=O)OC(C)(C)C. The molecule has 0 radical (unpaired) electrons. The van der Waals surface area contributed by atoms with Crippen LogP contribution in [-0.2, 0) is 9.47 Å². The van der Waals surface area contributed by atoms with Crippen molar-refractivity contribution in [1.82, 2.24) is 4.90 Å². The third-order valence-electron chi connectivity index (χ3n) is 8.00. The molecule has 3 atom stereocenters. The minimum absolute atomic E-state index is 0.328. The van der Waals surface area contributed by atoms with Crippen molar-refractivity contribution in [2.75, 3.05) is 24.5 Å². The van der Waals surface area contributed by atoms with Crippen LogP contribution in [0, 0.1) is 11.1 Å². The smallest absolute Gasteiger partial charge is 0.525 e. The third kappa shape index (κ3) is 5.80. The first-order chi connectivity index (χ1) is 17.9. The number of urea groups is 1. The van der Waals surface area contributed by atoms with Crippen LogP contribution in [0.25, 0.3) is 0 Å². The zero-order valence-corrected chi connectivity index (χ0v) is 25.0. The lowest BCUT2D eigenvalue weighted by molar-refractivity contribution is -0.717. The van der Waals surface area contributed by atoms with Crippen LogP contribution in [0.4, 0.5) is 20.1 Å². The van der Waals surface area contributed by atoms with Crippen LogP contribution >= 0.6 is 0 Å². The summed E-state index contributed by atoms with van der Waals surface area (Å²) in [5, 5.41) is 13.8. The largest absolute Gasteiger partial charge is 0.613 e. The highest BCUT2D eigenvalue weighted by molar-refractivity contribution is 5.95. The Hall–Kier alpha value is -2.65. The van der Waals surface area contributed by atoms with E-state index < -0.39 is 39.6 Å². The molecule has 9 heteroatoms. The molecule has 1 saturated carbocycles. The number of imide groups is 2. The summed E-state index contributed by atoms with van der Waals surface area (Å²) in [6, 6.07) is 5.59. The van der Waals surface area contributed by atoms with Crippen molar-refractivity contribution in [3.63, 3.8) is 0 Å². The molecule has 0 bridgehead atoms. The summed E-state index contributed by atoms with van der Waals surface area (Å²) >= 11 is 0. The molecule has 0 N–H and O–H groups in total. The second-order valence-corrected chi connectivity index (χ2v) is 14.0. The van der Waals surface area contributed by atoms with Gasteiger partial charge in [0.2, 0.25) is 0 Å². The van der Waals surface area contributed by atoms with Crippen LogP contribution in [0.5, 0.6) is 0 Å². The van der Waals surface area contributed by atoms with Gasteiger partial charge in [0.25, 0.3) is 0 Å². The van der Waals surface area contributed by atoms with Crippen LogP contribution < -0.4 is 4.90 Å². The highest BCUT2D eigenvalue weighted by Crippen LogP contribution is 2.49. The number of rotatable bonds is 3. The fourth-order valence-corrected chi connectivity index (χ4v) is 5.86. The van der Waals surface area contributed by atoms with Gasteiger partial charge in [0.1, 0.15) is 23.3 Å². The van der Waals surface area contributed by atoms with E-state index >= 15 is 0 Å². The van der Waals surface area contributed by atoms with Crippen molar-refractivity contribution in [2.24, 2.45) is 5.92 Å². The van der Waals surface area contributed by atoms with Crippen molar-refractivity contribution in [3.8, 4) is 0 Å². The molecule has 4 rings (SSSR count). The van der Waals surface area contributed by atoms with Crippen molar-refractivity contribution < 1.29 is 28.5 Å². The van der Waals surface area contributed by atoms with Gasteiger partial charge in [0.05, 0.1) is 0 Å². The molecule has 1 spiro atoms. The number of hydroxylamine groups is 3. The normalized spacial score (nSPS) is 26.8. The molecule has 2 heterocycles. The van der Waals surface area contributed by atoms with Crippen LogP contribution in [0.3, 0.4) is 0 Å². The molecule has 1 aromatic carbocycles. The average Bonchev–Trinajstić information content (AvgIpc) is 3.48. The summed E-state index contributed by atoms with van der Waals surface area (Å²) in [5.74, 6) is 1.68. The summed E-state index contributed by atoms with van der Waals surface area (Å²) in [5.41, 5.74) is 0.819. The Balaban J connectivity index is 1.63. The van der Waals surface area contributed by atoms with E-state index in [4.69, 9.17) is 9.47 Å². The summed E-state index contributed by atoms with van der Waals surface area (Å²) in [4.78, 5) is 43.1. The first kappa shape index (κ1) is 29.3. The molecule has 4 amide bonds. The lowest BCUT2D eigenvalue weighted by Crippen LogP contribution is -2.57. The summed E-state index contributed by atoms with van der Waals surface area (Å²) < 4.78 is 9.04. The van der Waals surface area contributed by atoms with E-state index in [1.165, 1.54) is 17.5 Å². The van der Waals surface area contributed by atoms with Gasteiger partial charge in [-0.2, -0.15) is 14.3 Å². The Morgan fingerprint density at radius 1 is 1.05 bits per heavy atom. The topological polar surface area (TPSA) is 99.2 Å². The molecule has 1 aromatic rings. The lowest BCUT2D eigenvalue weighted by Gasteiger charge is -2.43. The molecular weight excluding hydrogens is 498 g/mol. The highest BCUT2D eigenvalue weighted by atomic mass is 16.7. The minimum atomic E-state index is -1.86. The Labute approximate surface area is 232 Å². The zero-order chi connectivity index (χ0) is 29.1. The Kier molecular flexibility index (Phi) is 7.35. The van der Waals surface area contributed by atoms with Crippen LogP contribution in [-0.4, -0.2) is 64.1 Å². The maximum atomic E-state index is 13.8.